The highest BCUT2D eigenvalue weighted by molar-refractivity contribution is 7.98. The number of phenolic OH excluding ortho intramolecular Hbond substituents is 1. The molecule has 0 aromatic heterocycles. The number of unbranched alkanes of at least 4 members (excludes halogenated alkanes) is 2. The van der Waals surface area contributed by atoms with Crippen molar-refractivity contribution in [2.75, 3.05) is 24.3 Å². The van der Waals surface area contributed by atoms with E-state index in [2.05, 4.69) is 34.1 Å². The average Bonchev–Trinajstić information content (AvgIpc) is 3.22. The number of rotatable bonds is 18. The molecule has 1 aliphatic heterocycles. The Labute approximate surface area is 310 Å². The van der Waals surface area contributed by atoms with Gasteiger partial charge in [0, 0.05) is 18.3 Å². The molecule has 0 spiro atoms. The SMILES string of the molecule is CCCCC1(CCCC)CN(c2ccccc2)c2cc(SC)c(OCC(=O)NC(C(=O)NC(CCC)C(=O)O)c3ccc(O)cc3)cc2S(=O)(=O)N1. The van der Waals surface area contributed by atoms with E-state index in [4.69, 9.17) is 4.74 Å². The fourth-order valence-corrected chi connectivity index (χ4v) is 8.56. The Kier molecular flexibility index (Phi) is 14.4. The van der Waals surface area contributed by atoms with Crippen molar-refractivity contribution >= 4 is 50.9 Å². The van der Waals surface area contributed by atoms with Crippen molar-refractivity contribution in [3.8, 4) is 11.5 Å². The van der Waals surface area contributed by atoms with E-state index in [1.807, 2.05) is 36.6 Å². The number of phenols is 1. The largest absolute Gasteiger partial charge is 0.508 e. The lowest BCUT2D eigenvalue weighted by Crippen LogP contribution is -2.53. The van der Waals surface area contributed by atoms with Crippen molar-refractivity contribution in [2.45, 2.75) is 99.6 Å². The number of thioether (sulfide) groups is 1. The molecule has 0 saturated heterocycles. The van der Waals surface area contributed by atoms with Gasteiger partial charge in [-0.2, -0.15) is 0 Å². The number of nitrogens with one attached hydrogen (secondary N) is 3. The van der Waals surface area contributed by atoms with Gasteiger partial charge in [0.1, 0.15) is 28.5 Å². The van der Waals surface area contributed by atoms with E-state index >= 15 is 0 Å². The second-order valence-corrected chi connectivity index (χ2v) is 15.6. The molecule has 4 rings (SSSR count). The fourth-order valence-electron chi connectivity index (χ4n) is 6.36. The molecule has 52 heavy (non-hydrogen) atoms. The third kappa shape index (κ3) is 10.2. The van der Waals surface area contributed by atoms with Crippen LogP contribution in [0.1, 0.15) is 83.7 Å². The second kappa shape index (κ2) is 18.5. The number of carboxylic acid groups (broad SMARTS) is 1. The summed E-state index contributed by atoms with van der Waals surface area (Å²) in [7, 11) is -4.07. The predicted molar refractivity (Wildman–Crippen MR) is 203 cm³/mol. The Morgan fingerprint density at radius 2 is 1.62 bits per heavy atom. The van der Waals surface area contributed by atoms with Crippen molar-refractivity contribution < 1.29 is 37.8 Å². The molecular weight excluding hydrogens is 705 g/mol. The Balaban J connectivity index is 1.68. The molecule has 1 aliphatic rings. The predicted octanol–water partition coefficient (Wildman–Crippen LogP) is 6.27. The van der Waals surface area contributed by atoms with Gasteiger partial charge >= 0.3 is 5.97 Å². The van der Waals surface area contributed by atoms with E-state index in [1.165, 1.54) is 42.1 Å². The number of carbonyl (C=O) groups is 3. The van der Waals surface area contributed by atoms with Gasteiger partial charge in [0.05, 0.1) is 16.1 Å². The van der Waals surface area contributed by atoms with E-state index in [0.29, 0.717) is 42.0 Å². The van der Waals surface area contributed by atoms with E-state index in [-0.39, 0.29) is 22.8 Å². The van der Waals surface area contributed by atoms with E-state index in [1.54, 1.807) is 13.0 Å². The van der Waals surface area contributed by atoms with Crippen LogP contribution < -0.4 is 25.0 Å². The van der Waals surface area contributed by atoms with Crippen LogP contribution in [0.2, 0.25) is 0 Å². The number of hydrogen-bond donors (Lipinski definition) is 5. The van der Waals surface area contributed by atoms with Crippen LogP contribution in [0, 0.1) is 0 Å². The zero-order valence-corrected chi connectivity index (χ0v) is 31.8. The van der Waals surface area contributed by atoms with Crippen LogP contribution in [0.25, 0.3) is 0 Å². The summed E-state index contributed by atoms with van der Waals surface area (Å²) < 4.78 is 37.7. The number of nitrogens with zero attached hydrogens (tertiary/aromatic N) is 1. The maximum absolute atomic E-state index is 14.3. The monoisotopic (exact) mass is 754 g/mol. The molecule has 0 saturated carbocycles. The first-order chi connectivity index (χ1) is 24.9. The van der Waals surface area contributed by atoms with E-state index in [9.17, 15) is 33.0 Å². The van der Waals surface area contributed by atoms with E-state index < -0.39 is 52.0 Å². The van der Waals surface area contributed by atoms with E-state index in [0.717, 1.165) is 31.4 Å². The number of hydrogen-bond acceptors (Lipinski definition) is 9. The lowest BCUT2D eigenvalue weighted by Gasteiger charge is -2.37. The van der Waals surface area contributed by atoms with Gasteiger partial charge in [0.25, 0.3) is 5.91 Å². The molecule has 282 valence electrons. The molecule has 3 aromatic carbocycles. The maximum Gasteiger partial charge on any atom is 0.326 e. The molecule has 5 N–H and O–H groups in total. The normalized spacial score (nSPS) is 15.8. The fraction of sp³-hybridized carbons (Fsp3) is 0.447. The van der Waals surface area contributed by atoms with Crippen molar-refractivity contribution in [3.05, 3.63) is 72.3 Å². The molecule has 0 fully saturated rings. The summed E-state index contributed by atoms with van der Waals surface area (Å²) in [6.07, 6.45) is 7.39. The zero-order valence-electron chi connectivity index (χ0n) is 30.2. The van der Waals surface area contributed by atoms with Crippen molar-refractivity contribution in [1.29, 1.82) is 0 Å². The minimum atomic E-state index is -4.07. The van der Waals surface area contributed by atoms with Crippen molar-refractivity contribution in [3.63, 3.8) is 0 Å². The summed E-state index contributed by atoms with van der Waals surface area (Å²) in [6.45, 7) is 5.83. The molecule has 2 unspecified atom stereocenters. The summed E-state index contributed by atoms with van der Waals surface area (Å²) in [5.41, 5.74) is 0.939. The summed E-state index contributed by atoms with van der Waals surface area (Å²) in [5.74, 6) is -2.53. The zero-order chi connectivity index (χ0) is 37.9. The van der Waals surface area contributed by atoms with Crippen LogP contribution in [-0.4, -0.2) is 67.4 Å². The lowest BCUT2D eigenvalue weighted by atomic mass is 9.87. The average molecular weight is 755 g/mol. The summed E-state index contributed by atoms with van der Waals surface area (Å²) >= 11 is 1.34. The third-order valence-electron chi connectivity index (χ3n) is 9.07. The highest BCUT2D eigenvalue weighted by atomic mass is 32.2. The third-order valence-corrected chi connectivity index (χ3v) is 11.4. The number of ether oxygens (including phenoxy) is 1. The van der Waals surface area contributed by atoms with Gasteiger partial charge in [0.2, 0.25) is 15.9 Å². The number of sulfonamides is 1. The first-order valence-electron chi connectivity index (χ1n) is 17.7. The van der Waals surface area contributed by atoms with Gasteiger partial charge in [-0.1, -0.05) is 83.2 Å². The summed E-state index contributed by atoms with van der Waals surface area (Å²) in [5, 5.41) is 24.5. The first kappa shape index (κ1) is 40.5. The van der Waals surface area contributed by atoms with Gasteiger partial charge in [-0.3, -0.25) is 9.59 Å². The number of aliphatic carboxylic acids is 1. The quantitative estimate of drug-likeness (QED) is 0.0932. The maximum atomic E-state index is 14.3. The van der Waals surface area contributed by atoms with Crippen LogP contribution in [0.15, 0.2) is 76.5 Å². The molecule has 0 aliphatic carbocycles. The first-order valence-corrected chi connectivity index (χ1v) is 20.4. The number of anilines is 2. The molecule has 2 atom stereocenters. The van der Waals surface area contributed by atoms with Gasteiger partial charge in [-0.15, -0.1) is 11.8 Å². The van der Waals surface area contributed by atoms with Crippen molar-refractivity contribution in [2.24, 2.45) is 0 Å². The van der Waals surface area contributed by atoms with Crippen LogP contribution in [0.5, 0.6) is 11.5 Å². The lowest BCUT2D eigenvalue weighted by molar-refractivity contribution is -0.142. The number of fused-ring (bicyclic) bond motifs is 1. The van der Waals surface area contributed by atoms with Gasteiger partial charge in [-0.25, -0.2) is 17.9 Å². The molecule has 1 heterocycles. The molecule has 0 radical (unpaired) electrons. The molecular formula is C38H50N4O8S2. The Morgan fingerprint density at radius 3 is 2.19 bits per heavy atom. The van der Waals surface area contributed by atoms with Crippen molar-refractivity contribution in [1.82, 2.24) is 15.4 Å². The number of amides is 2. The highest BCUT2D eigenvalue weighted by Crippen LogP contribution is 2.44. The Morgan fingerprint density at radius 1 is 0.962 bits per heavy atom. The number of benzene rings is 3. The Bertz CT molecular complexity index is 1780. The highest BCUT2D eigenvalue weighted by Gasteiger charge is 2.42. The topological polar surface area (TPSA) is 174 Å². The summed E-state index contributed by atoms with van der Waals surface area (Å²) in [4.78, 5) is 41.2. The minimum Gasteiger partial charge on any atom is -0.508 e. The van der Waals surface area contributed by atoms with Gasteiger partial charge < -0.3 is 30.5 Å². The number of aromatic hydroxyl groups is 1. The molecule has 12 nitrogen and oxygen atoms in total. The Hall–Kier alpha value is -4.27. The number of carbonyl (C=O) groups excluding carboxylic acids is 2. The molecule has 14 heteroatoms. The summed E-state index contributed by atoms with van der Waals surface area (Å²) in [6, 6.07) is 16.1. The molecule has 3 aromatic rings. The van der Waals surface area contributed by atoms with Crippen LogP contribution in [0.4, 0.5) is 11.4 Å². The second-order valence-electron chi connectivity index (χ2n) is 13.1. The van der Waals surface area contributed by atoms with Crippen LogP contribution in [-0.2, 0) is 24.4 Å². The molecule has 2 amide bonds. The van der Waals surface area contributed by atoms with Crippen LogP contribution in [0.3, 0.4) is 0 Å². The standard InChI is InChI=1S/C38H50N4O8S2/c1-5-8-20-38(21-9-6-2)25-42(27-14-11-10-12-15-27)30-22-32(51-4)31(23-33(30)52(48,49)41-38)50-24-34(44)40-35(26-16-18-28(43)19-17-26)36(45)39-29(13-7-3)37(46)47/h10-12,14-19,22-23,29,35,41,43H,5-9,13,20-21,24-25H2,1-4H3,(H,39,45)(H,40,44)(H,46,47). The van der Waals surface area contributed by atoms with Gasteiger partial charge in [0.15, 0.2) is 6.61 Å². The van der Waals surface area contributed by atoms with Gasteiger partial charge in [-0.05, 0) is 61.4 Å². The smallest absolute Gasteiger partial charge is 0.326 e. The minimum absolute atomic E-state index is 0.0245. The van der Waals surface area contributed by atoms with Crippen LogP contribution >= 0.6 is 11.8 Å². The number of carboxylic acids is 1. The number of para-hydroxylation sites is 1. The molecule has 0 bridgehead atoms.